The van der Waals surface area contributed by atoms with Gasteiger partial charge in [-0.1, -0.05) is 45.4 Å². The van der Waals surface area contributed by atoms with Crippen LogP contribution in [-0.4, -0.2) is 6.04 Å². The van der Waals surface area contributed by atoms with Crippen LogP contribution < -0.4 is 11.1 Å². The van der Waals surface area contributed by atoms with Crippen LogP contribution in [0.25, 0.3) is 0 Å². The molecule has 0 bridgehead atoms. The monoisotopic (exact) mass is 260 g/mol. The molecule has 0 aromatic heterocycles. The molecule has 1 aromatic carbocycles. The molecule has 0 spiro atoms. The summed E-state index contributed by atoms with van der Waals surface area (Å²) < 4.78 is 0. The number of nitrogens with two attached hydrogens (primary N) is 1. The Hall–Kier alpha value is -1.02. The molecule has 1 saturated carbocycles. The maximum atomic E-state index is 6.02. The fraction of sp³-hybridized carbons (Fsp3) is 0.647. The molecule has 1 aliphatic carbocycles. The van der Waals surface area contributed by atoms with Crippen LogP contribution in [0.3, 0.4) is 0 Å². The second-order valence-corrected chi connectivity index (χ2v) is 6.51. The van der Waals surface area contributed by atoms with Crippen molar-refractivity contribution in [2.75, 3.05) is 5.73 Å². The minimum Gasteiger partial charge on any atom is -0.398 e. The Balaban J connectivity index is 1.97. The summed E-state index contributed by atoms with van der Waals surface area (Å²) in [5.74, 6) is 2.42. The average molecular weight is 260 g/mol. The highest BCUT2D eigenvalue weighted by Crippen LogP contribution is 2.33. The lowest BCUT2D eigenvalue weighted by Gasteiger charge is -2.38. The molecule has 2 nitrogen and oxygen atoms in total. The molecular formula is C17H28N2. The van der Waals surface area contributed by atoms with Crippen LogP contribution in [0.5, 0.6) is 0 Å². The van der Waals surface area contributed by atoms with Gasteiger partial charge >= 0.3 is 0 Å². The van der Waals surface area contributed by atoms with E-state index in [0.717, 1.165) is 30.0 Å². The lowest BCUT2D eigenvalue weighted by Crippen LogP contribution is -2.42. The van der Waals surface area contributed by atoms with Crippen molar-refractivity contribution >= 4 is 5.69 Å². The lowest BCUT2D eigenvalue weighted by atomic mass is 9.74. The Bertz CT molecular complexity index is 400. The van der Waals surface area contributed by atoms with E-state index in [2.05, 4.69) is 38.2 Å². The third-order valence-corrected chi connectivity index (χ3v) is 4.63. The van der Waals surface area contributed by atoms with Gasteiger partial charge < -0.3 is 11.1 Å². The molecule has 2 heteroatoms. The second kappa shape index (κ2) is 6.42. The van der Waals surface area contributed by atoms with Gasteiger partial charge in [0.1, 0.15) is 0 Å². The van der Waals surface area contributed by atoms with Crippen LogP contribution in [0.4, 0.5) is 5.69 Å². The number of anilines is 1. The fourth-order valence-electron chi connectivity index (χ4n) is 3.37. The summed E-state index contributed by atoms with van der Waals surface area (Å²) in [5.41, 5.74) is 8.15. The van der Waals surface area contributed by atoms with Gasteiger partial charge in [-0.25, -0.2) is 0 Å². The van der Waals surface area contributed by atoms with Crippen molar-refractivity contribution in [1.82, 2.24) is 5.32 Å². The molecule has 0 radical (unpaired) electrons. The van der Waals surface area contributed by atoms with Crippen LogP contribution in [-0.2, 0) is 6.54 Å². The van der Waals surface area contributed by atoms with Gasteiger partial charge in [0.25, 0.3) is 0 Å². The van der Waals surface area contributed by atoms with E-state index in [1.807, 2.05) is 12.1 Å². The molecule has 1 aromatic rings. The minimum absolute atomic E-state index is 0.642. The lowest BCUT2D eigenvalue weighted by molar-refractivity contribution is 0.169. The topological polar surface area (TPSA) is 38.0 Å². The molecular weight excluding hydrogens is 232 g/mol. The largest absolute Gasteiger partial charge is 0.398 e. The Kier molecular flexibility index (Phi) is 4.87. The normalized spacial score (nSPS) is 27.7. The molecule has 0 heterocycles. The number of benzene rings is 1. The maximum absolute atomic E-state index is 6.02. The quantitative estimate of drug-likeness (QED) is 0.808. The van der Waals surface area contributed by atoms with Gasteiger partial charge in [0.15, 0.2) is 0 Å². The molecule has 1 aliphatic rings. The van der Waals surface area contributed by atoms with Gasteiger partial charge in [0.2, 0.25) is 0 Å². The molecule has 0 aliphatic heterocycles. The first-order valence-electron chi connectivity index (χ1n) is 7.64. The van der Waals surface area contributed by atoms with Crippen molar-refractivity contribution in [2.45, 2.75) is 52.6 Å². The summed E-state index contributed by atoms with van der Waals surface area (Å²) in [6.45, 7) is 7.98. The summed E-state index contributed by atoms with van der Waals surface area (Å²) in [4.78, 5) is 0. The van der Waals surface area contributed by atoms with Crippen molar-refractivity contribution < 1.29 is 0 Å². The van der Waals surface area contributed by atoms with Crippen molar-refractivity contribution in [3.63, 3.8) is 0 Å². The van der Waals surface area contributed by atoms with E-state index >= 15 is 0 Å². The number of rotatable bonds is 4. The highest BCUT2D eigenvalue weighted by molar-refractivity contribution is 5.46. The number of nitrogen functional groups attached to an aromatic ring is 1. The highest BCUT2D eigenvalue weighted by Gasteiger charge is 2.30. The number of hydrogen-bond donors (Lipinski definition) is 2. The van der Waals surface area contributed by atoms with E-state index in [4.69, 9.17) is 5.73 Å². The third kappa shape index (κ3) is 3.73. The van der Waals surface area contributed by atoms with Gasteiger partial charge in [-0.3, -0.25) is 0 Å². The van der Waals surface area contributed by atoms with Crippen molar-refractivity contribution in [3.8, 4) is 0 Å². The maximum Gasteiger partial charge on any atom is 0.0359 e. The first-order valence-corrected chi connectivity index (χ1v) is 7.64. The molecule has 0 saturated heterocycles. The molecule has 0 amide bonds. The second-order valence-electron chi connectivity index (χ2n) is 6.51. The van der Waals surface area contributed by atoms with Gasteiger partial charge in [0.05, 0.1) is 0 Å². The van der Waals surface area contributed by atoms with Crippen molar-refractivity contribution in [2.24, 2.45) is 17.8 Å². The van der Waals surface area contributed by atoms with E-state index in [1.54, 1.807) is 0 Å². The molecule has 1 fully saturated rings. The summed E-state index contributed by atoms with van der Waals surface area (Å²) in [6.07, 6.45) is 4.05. The van der Waals surface area contributed by atoms with Crippen LogP contribution in [0.2, 0.25) is 0 Å². The van der Waals surface area contributed by atoms with Crippen LogP contribution in [0.15, 0.2) is 24.3 Å². The fourth-order valence-corrected chi connectivity index (χ4v) is 3.37. The Labute approximate surface area is 117 Å². The third-order valence-electron chi connectivity index (χ3n) is 4.63. The van der Waals surface area contributed by atoms with Gasteiger partial charge in [-0.15, -0.1) is 0 Å². The SMILES string of the molecule is CC1CCC(C(C)C)C(NCc2ccccc2N)C1. The number of nitrogens with one attached hydrogen (secondary N) is 1. The average Bonchev–Trinajstić information content (AvgIpc) is 2.37. The Morgan fingerprint density at radius 2 is 2.00 bits per heavy atom. The van der Waals surface area contributed by atoms with E-state index in [0.29, 0.717) is 6.04 Å². The number of para-hydroxylation sites is 1. The standard InChI is InChI=1S/C17H28N2/c1-12(2)15-9-8-13(3)10-17(15)19-11-14-6-4-5-7-16(14)18/h4-7,12-13,15,17,19H,8-11,18H2,1-3H3. The number of hydrogen-bond acceptors (Lipinski definition) is 2. The van der Waals surface area contributed by atoms with Gasteiger partial charge in [0, 0.05) is 18.3 Å². The first-order chi connectivity index (χ1) is 9.08. The zero-order valence-electron chi connectivity index (χ0n) is 12.5. The van der Waals surface area contributed by atoms with Crippen molar-refractivity contribution in [3.05, 3.63) is 29.8 Å². The molecule has 3 atom stereocenters. The molecule has 3 N–H and O–H groups in total. The highest BCUT2D eigenvalue weighted by atomic mass is 14.9. The predicted molar refractivity (Wildman–Crippen MR) is 82.8 cm³/mol. The summed E-state index contributed by atoms with van der Waals surface area (Å²) in [6, 6.07) is 8.82. The Morgan fingerprint density at radius 1 is 1.26 bits per heavy atom. The minimum atomic E-state index is 0.642. The zero-order valence-corrected chi connectivity index (χ0v) is 12.5. The molecule has 2 rings (SSSR count). The molecule has 3 unspecified atom stereocenters. The summed E-state index contributed by atoms with van der Waals surface area (Å²) in [7, 11) is 0. The van der Waals surface area contributed by atoms with Gasteiger partial charge in [-0.05, 0) is 42.2 Å². The van der Waals surface area contributed by atoms with E-state index in [-0.39, 0.29) is 0 Å². The van der Waals surface area contributed by atoms with E-state index < -0.39 is 0 Å². The smallest absolute Gasteiger partial charge is 0.0359 e. The molecule has 19 heavy (non-hydrogen) atoms. The van der Waals surface area contributed by atoms with Crippen molar-refractivity contribution in [1.29, 1.82) is 0 Å². The van der Waals surface area contributed by atoms with Crippen LogP contribution in [0.1, 0.15) is 45.6 Å². The van der Waals surface area contributed by atoms with E-state index in [9.17, 15) is 0 Å². The first kappa shape index (κ1) is 14.4. The predicted octanol–water partition coefficient (Wildman–Crippen LogP) is 3.82. The molecule has 106 valence electrons. The summed E-state index contributed by atoms with van der Waals surface area (Å²) in [5, 5.41) is 3.76. The van der Waals surface area contributed by atoms with Crippen LogP contribution in [0, 0.1) is 17.8 Å². The van der Waals surface area contributed by atoms with Gasteiger partial charge in [-0.2, -0.15) is 0 Å². The van der Waals surface area contributed by atoms with E-state index in [1.165, 1.54) is 24.8 Å². The summed E-state index contributed by atoms with van der Waals surface area (Å²) >= 11 is 0. The zero-order chi connectivity index (χ0) is 13.8. The van der Waals surface area contributed by atoms with Crippen LogP contribution >= 0.6 is 0 Å². The Morgan fingerprint density at radius 3 is 2.68 bits per heavy atom.